The van der Waals surface area contributed by atoms with E-state index in [1.807, 2.05) is 6.92 Å². The number of carbonyl (C=O) groups excluding carboxylic acids is 2. The van der Waals surface area contributed by atoms with Crippen molar-refractivity contribution >= 4 is 27.5 Å². The standard InChI is InChI=1S/C30H36FN3O6S/c1-20(2)32-30(36)22(4)33(18-23-9-11-24(31)12-10-23)29(35)19-34(25-13-7-21(3)8-14-25)41(37,38)26-15-16-27(39-5)28(17-26)40-6/h7-17,20,22H,18-19H2,1-6H3,(H,32,36)/t22-/m1/s1. The van der Waals surface area contributed by atoms with E-state index >= 15 is 0 Å². The van der Waals surface area contributed by atoms with E-state index in [1.54, 1.807) is 45.0 Å². The first-order valence-corrected chi connectivity index (χ1v) is 14.5. The van der Waals surface area contributed by atoms with Crippen LogP contribution in [0.15, 0.2) is 71.6 Å². The number of ether oxygens (including phenoxy) is 2. The number of nitrogens with one attached hydrogen (secondary N) is 1. The predicted molar refractivity (Wildman–Crippen MR) is 155 cm³/mol. The number of hydrogen-bond acceptors (Lipinski definition) is 6. The molecule has 3 rings (SSSR count). The fourth-order valence-corrected chi connectivity index (χ4v) is 5.55. The van der Waals surface area contributed by atoms with Crippen LogP contribution in [0.25, 0.3) is 0 Å². The van der Waals surface area contributed by atoms with Crippen LogP contribution in [0.5, 0.6) is 11.5 Å². The Kier molecular flexibility index (Phi) is 10.3. The molecule has 11 heteroatoms. The molecule has 0 saturated carbocycles. The number of benzene rings is 3. The van der Waals surface area contributed by atoms with Crippen LogP contribution < -0.4 is 19.1 Å². The average molecular weight is 586 g/mol. The highest BCUT2D eigenvalue weighted by atomic mass is 32.2. The number of sulfonamides is 1. The maximum Gasteiger partial charge on any atom is 0.264 e. The summed E-state index contributed by atoms with van der Waals surface area (Å²) in [5.41, 5.74) is 1.74. The van der Waals surface area contributed by atoms with Gasteiger partial charge in [0.05, 0.1) is 24.8 Å². The molecule has 0 spiro atoms. The van der Waals surface area contributed by atoms with Gasteiger partial charge in [0.1, 0.15) is 18.4 Å². The molecule has 220 valence electrons. The maximum absolute atomic E-state index is 14.0. The van der Waals surface area contributed by atoms with Gasteiger partial charge in [-0.15, -0.1) is 0 Å². The second kappa shape index (κ2) is 13.5. The molecule has 3 aromatic rings. The number of rotatable bonds is 12. The second-order valence-corrected chi connectivity index (χ2v) is 11.7. The van der Waals surface area contributed by atoms with E-state index in [0.717, 1.165) is 9.87 Å². The molecule has 0 aliphatic carbocycles. The maximum atomic E-state index is 14.0. The van der Waals surface area contributed by atoms with Crippen molar-refractivity contribution in [1.29, 1.82) is 0 Å². The number of aryl methyl sites for hydroxylation is 1. The van der Waals surface area contributed by atoms with E-state index in [4.69, 9.17) is 9.47 Å². The zero-order chi connectivity index (χ0) is 30.3. The molecule has 0 aromatic heterocycles. The van der Waals surface area contributed by atoms with Gasteiger partial charge in [0.25, 0.3) is 10.0 Å². The lowest BCUT2D eigenvalue weighted by molar-refractivity contribution is -0.139. The van der Waals surface area contributed by atoms with Gasteiger partial charge < -0.3 is 19.7 Å². The van der Waals surface area contributed by atoms with Crippen LogP contribution in [0, 0.1) is 12.7 Å². The van der Waals surface area contributed by atoms with Crippen LogP contribution >= 0.6 is 0 Å². The number of amides is 2. The molecule has 0 heterocycles. The Hall–Kier alpha value is -4.12. The van der Waals surface area contributed by atoms with Gasteiger partial charge in [-0.3, -0.25) is 13.9 Å². The Morgan fingerprint density at radius 3 is 2.07 bits per heavy atom. The third-order valence-electron chi connectivity index (χ3n) is 6.41. The second-order valence-electron chi connectivity index (χ2n) is 9.85. The van der Waals surface area contributed by atoms with E-state index in [-0.39, 0.29) is 28.9 Å². The monoisotopic (exact) mass is 585 g/mol. The Morgan fingerprint density at radius 2 is 1.51 bits per heavy atom. The molecule has 0 unspecified atom stereocenters. The SMILES string of the molecule is COc1ccc(S(=O)(=O)N(CC(=O)N(Cc2ccc(F)cc2)[C@H](C)C(=O)NC(C)C)c2ccc(C)cc2)cc1OC. The highest BCUT2D eigenvalue weighted by Crippen LogP contribution is 2.32. The number of nitrogens with zero attached hydrogens (tertiary/aromatic N) is 2. The summed E-state index contributed by atoms with van der Waals surface area (Å²) in [6.45, 7) is 6.39. The topological polar surface area (TPSA) is 105 Å². The molecule has 0 fully saturated rings. The van der Waals surface area contributed by atoms with Gasteiger partial charge in [-0.05, 0) is 69.7 Å². The quantitative estimate of drug-likeness (QED) is 0.340. The molecule has 0 radical (unpaired) electrons. The van der Waals surface area contributed by atoms with E-state index in [2.05, 4.69) is 5.32 Å². The lowest BCUT2D eigenvalue weighted by Gasteiger charge is -2.32. The Morgan fingerprint density at radius 1 is 0.902 bits per heavy atom. The van der Waals surface area contributed by atoms with Crippen LogP contribution in [0.2, 0.25) is 0 Å². The summed E-state index contributed by atoms with van der Waals surface area (Å²) in [5.74, 6) is -0.908. The average Bonchev–Trinajstić information content (AvgIpc) is 2.94. The van der Waals surface area contributed by atoms with Gasteiger partial charge in [0, 0.05) is 18.7 Å². The molecule has 1 atom stereocenters. The first-order chi connectivity index (χ1) is 19.4. The largest absolute Gasteiger partial charge is 0.493 e. The molecular formula is C30H36FN3O6S. The Bertz CT molecular complexity index is 1460. The highest BCUT2D eigenvalue weighted by molar-refractivity contribution is 7.92. The van der Waals surface area contributed by atoms with Crippen molar-refractivity contribution in [3.05, 3.63) is 83.7 Å². The third kappa shape index (κ3) is 7.75. The van der Waals surface area contributed by atoms with E-state index in [0.29, 0.717) is 11.3 Å². The smallest absolute Gasteiger partial charge is 0.264 e. The first kappa shape index (κ1) is 31.4. The van der Waals surface area contributed by atoms with Crippen LogP contribution in [-0.4, -0.2) is 58.0 Å². The van der Waals surface area contributed by atoms with Gasteiger partial charge in [0.2, 0.25) is 11.8 Å². The summed E-state index contributed by atoms with van der Waals surface area (Å²) in [5, 5.41) is 2.79. The molecule has 9 nitrogen and oxygen atoms in total. The number of halogens is 1. The fraction of sp³-hybridized carbons (Fsp3) is 0.333. The van der Waals surface area contributed by atoms with Crippen molar-refractivity contribution in [2.75, 3.05) is 25.1 Å². The lowest BCUT2D eigenvalue weighted by atomic mass is 10.1. The zero-order valence-corrected chi connectivity index (χ0v) is 24.9. The Balaban J connectivity index is 2.06. The minimum absolute atomic E-state index is 0.0378. The predicted octanol–water partition coefficient (Wildman–Crippen LogP) is 4.29. The summed E-state index contributed by atoms with van der Waals surface area (Å²) < 4.78 is 53.2. The van der Waals surface area contributed by atoms with Gasteiger partial charge in [-0.2, -0.15) is 0 Å². The van der Waals surface area contributed by atoms with Crippen LogP contribution in [-0.2, 0) is 26.2 Å². The summed E-state index contributed by atoms with van der Waals surface area (Å²) in [7, 11) is -1.46. The van der Waals surface area contributed by atoms with Crippen LogP contribution in [0.1, 0.15) is 31.9 Å². The number of hydrogen-bond donors (Lipinski definition) is 1. The van der Waals surface area contributed by atoms with Crippen molar-refractivity contribution in [3.8, 4) is 11.5 Å². The Labute approximate surface area is 240 Å². The van der Waals surface area contributed by atoms with Gasteiger partial charge in [-0.25, -0.2) is 12.8 Å². The third-order valence-corrected chi connectivity index (χ3v) is 8.18. The summed E-state index contributed by atoms with van der Waals surface area (Å²) in [6.07, 6.45) is 0. The molecule has 0 saturated heterocycles. The highest BCUT2D eigenvalue weighted by Gasteiger charge is 2.33. The summed E-state index contributed by atoms with van der Waals surface area (Å²) >= 11 is 0. The molecule has 2 amide bonds. The molecule has 0 aliphatic rings. The molecule has 3 aromatic carbocycles. The van der Waals surface area contributed by atoms with Gasteiger partial charge >= 0.3 is 0 Å². The fourth-order valence-electron chi connectivity index (χ4n) is 4.12. The van der Waals surface area contributed by atoms with Crippen molar-refractivity contribution in [2.24, 2.45) is 0 Å². The van der Waals surface area contributed by atoms with Crippen molar-refractivity contribution in [2.45, 2.75) is 51.2 Å². The van der Waals surface area contributed by atoms with Crippen LogP contribution in [0.3, 0.4) is 0 Å². The number of carbonyl (C=O) groups is 2. The lowest BCUT2D eigenvalue weighted by Crippen LogP contribution is -2.52. The number of anilines is 1. The summed E-state index contributed by atoms with van der Waals surface area (Å²) in [4.78, 5) is 28.1. The summed E-state index contributed by atoms with van der Waals surface area (Å²) in [6, 6.07) is 15.3. The molecule has 0 aliphatic heterocycles. The minimum atomic E-state index is -4.30. The zero-order valence-electron chi connectivity index (χ0n) is 24.0. The molecule has 1 N–H and O–H groups in total. The van der Waals surface area contributed by atoms with Gasteiger partial charge in [-0.1, -0.05) is 29.8 Å². The van der Waals surface area contributed by atoms with E-state index in [9.17, 15) is 22.4 Å². The van der Waals surface area contributed by atoms with Crippen LogP contribution in [0.4, 0.5) is 10.1 Å². The first-order valence-electron chi connectivity index (χ1n) is 13.0. The van der Waals surface area contributed by atoms with Gasteiger partial charge in [0.15, 0.2) is 11.5 Å². The normalized spacial score (nSPS) is 12.0. The van der Waals surface area contributed by atoms with Crippen molar-refractivity contribution in [1.82, 2.24) is 10.2 Å². The molecule has 41 heavy (non-hydrogen) atoms. The molecule has 0 bridgehead atoms. The molecular weight excluding hydrogens is 549 g/mol. The minimum Gasteiger partial charge on any atom is -0.493 e. The van der Waals surface area contributed by atoms with E-state index in [1.165, 1.54) is 61.6 Å². The van der Waals surface area contributed by atoms with Crippen molar-refractivity contribution in [3.63, 3.8) is 0 Å². The van der Waals surface area contributed by atoms with Crippen molar-refractivity contribution < 1.29 is 31.9 Å². The number of methoxy groups -OCH3 is 2. The van der Waals surface area contributed by atoms with E-state index < -0.39 is 40.2 Å².